The molecule has 1 aromatic heterocycles. The van der Waals surface area contributed by atoms with E-state index < -0.39 is 0 Å². The molecule has 2 aromatic rings. The van der Waals surface area contributed by atoms with Gasteiger partial charge in [0, 0.05) is 28.1 Å². The number of rotatable bonds is 4. The predicted molar refractivity (Wildman–Crippen MR) is 83.0 cm³/mol. The number of hydrogen-bond acceptors (Lipinski definition) is 4. The first-order valence-electron chi connectivity index (χ1n) is 6.54. The first-order valence-corrected chi connectivity index (χ1v) is 8.30. The van der Waals surface area contributed by atoms with E-state index in [-0.39, 0.29) is 0 Å². The summed E-state index contributed by atoms with van der Waals surface area (Å²) in [5, 5.41) is 0.690. The Morgan fingerprint density at radius 3 is 2.95 bits per heavy atom. The summed E-state index contributed by atoms with van der Waals surface area (Å²) in [5.74, 6) is 0. The van der Waals surface area contributed by atoms with Gasteiger partial charge in [-0.3, -0.25) is 0 Å². The summed E-state index contributed by atoms with van der Waals surface area (Å²) < 4.78 is 0. The monoisotopic (exact) mass is 290 g/mol. The van der Waals surface area contributed by atoms with Crippen LogP contribution in [0.2, 0.25) is 0 Å². The van der Waals surface area contributed by atoms with Gasteiger partial charge in [0.2, 0.25) is 0 Å². The quantitative estimate of drug-likeness (QED) is 0.856. The van der Waals surface area contributed by atoms with E-state index in [4.69, 9.17) is 0 Å². The molecule has 3 rings (SSSR count). The molecule has 0 radical (unpaired) electrons. The zero-order valence-corrected chi connectivity index (χ0v) is 12.9. The molecular formula is C15H18N2S2. The zero-order chi connectivity index (χ0) is 13.2. The van der Waals surface area contributed by atoms with Crippen molar-refractivity contribution in [1.29, 1.82) is 0 Å². The Balaban J connectivity index is 1.57. The molecule has 0 amide bonds. The van der Waals surface area contributed by atoms with E-state index in [1.54, 1.807) is 11.3 Å². The molecule has 100 valence electrons. The molecule has 0 saturated carbocycles. The van der Waals surface area contributed by atoms with Gasteiger partial charge in [-0.2, -0.15) is 0 Å². The maximum atomic E-state index is 4.32. The second-order valence-electron chi connectivity index (χ2n) is 5.11. The van der Waals surface area contributed by atoms with Crippen LogP contribution in [0.25, 0.3) is 0 Å². The molecular weight excluding hydrogens is 272 g/mol. The van der Waals surface area contributed by atoms with Crippen LogP contribution in [0.4, 0.5) is 0 Å². The molecule has 0 spiro atoms. The number of fused-ring (bicyclic) bond motifs is 1. The summed E-state index contributed by atoms with van der Waals surface area (Å²) in [5.41, 5.74) is 4.64. The second-order valence-corrected chi connectivity index (χ2v) is 7.39. The largest absolute Gasteiger partial charge is 0.300 e. The van der Waals surface area contributed by atoms with Gasteiger partial charge < -0.3 is 4.90 Å². The second kappa shape index (κ2) is 5.65. The zero-order valence-electron chi connectivity index (χ0n) is 11.3. The molecule has 1 aliphatic rings. The number of benzene rings is 1. The van der Waals surface area contributed by atoms with Crippen molar-refractivity contribution < 1.29 is 0 Å². The lowest BCUT2D eigenvalue weighted by Crippen LogP contribution is -2.26. The summed E-state index contributed by atoms with van der Waals surface area (Å²) >= 11 is 3.79. The summed E-state index contributed by atoms with van der Waals surface area (Å²) in [6.45, 7) is 4.25. The van der Waals surface area contributed by atoms with Crippen LogP contribution >= 0.6 is 23.1 Å². The fourth-order valence-electron chi connectivity index (χ4n) is 2.49. The van der Waals surface area contributed by atoms with Gasteiger partial charge >= 0.3 is 0 Å². The van der Waals surface area contributed by atoms with Gasteiger partial charge in [-0.15, -0.1) is 23.1 Å². The number of thioether (sulfide) groups is 1. The van der Waals surface area contributed by atoms with Crippen molar-refractivity contribution in [2.75, 3.05) is 13.6 Å². The summed E-state index contributed by atoms with van der Waals surface area (Å²) in [7, 11) is 2.21. The maximum Gasteiger partial charge on any atom is 0.0798 e. The molecule has 1 unspecified atom stereocenters. The maximum absolute atomic E-state index is 4.32. The number of thiazole rings is 1. The average molecular weight is 290 g/mol. The minimum Gasteiger partial charge on any atom is -0.300 e. The molecule has 0 bridgehead atoms. The molecule has 1 aliphatic heterocycles. The van der Waals surface area contributed by atoms with Crippen molar-refractivity contribution in [2.45, 2.75) is 30.0 Å². The standard InChI is InChI=1S/C15H18N2S2/c1-11-15(18-10-16-11)9-17(2)8-13-7-12-5-3-4-6-14(12)19-13/h3-6,10,13H,7-9H2,1-2H3. The van der Waals surface area contributed by atoms with E-state index in [0.29, 0.717) is 5.25 Å². The number of aromatic nitrogens is 1. The van der Waals surface area contributed by atoms with Crippen LogP contribution in [-0.4, -0.2) is 28.7 Å². The highest BCUT2D eigenvalue weighted by atomic mass is 32.2. The van der Waals surface area contributed by atoms with Crippen molar-refractivity contribution in [3.8, 4) is 0 Å². The van der Waals surface area contributed by atoms with Gasteiger partial charge in [-0.05, 0) is 32.0 Å². The number of nitrogens with zero attached hydrogens (tertiary/aromatic N) is 2. The van der Waals surface area contributed by atoms with E-state index >= 15 is 0 Å². The Bertz CT molecular complexity index is 540. The van der Waals surface area contributed by atoms with Crippen molar-refractivity contribution in [1.82, 2.24) is 9.88 Å². The summed E-state index contributed by atoms with van der Waals surface area (Å²) in [6.07, 6.45) is 1.20. The Hall–Kier alpha value is -0.840. The number of aryl methyl sites for hydroxylation is 1. The highest BCUT2D eigenvalue weighted by molar-refractivity contribution is 8.00. The lowest BCUT2D eigenvalue weighted by atomic mass is 10.1. The highest BCUT2D eigenvalue weighted by Crippen LogP contribution is 2.37. The molecule has 19 heavy (non-hydrogen) atoms. The van der Waals surface area contributed by atoms with Crippen molar-refractivity contribution in [3.63, 3.8) is 0 Å². The van der Waals surface area contributed by atoms with Crippen LogP contribution in [0.5, 0.6) is 0 Å². The van der Waals surface area contributed by atoms with Gasteiger partial charge in [0.25, 0.3) is 0 Å². The lowest BCUT2D eigenvalue weighted by Gasteiger charge is -2.19. The molecule has 0 N–H and O–H groups in total. The lowest BCUT2D eigenvalue weighted by molar-refractivity contribution is 0.329. The molecule has 2 nitrogen and oxygen atoms in total. The Labute approximate surface area is 122 Å². The smallest absolute Gasteiger partial charge is 0.0798 e. The first kappa shape index (κ1) is 13.2. The van der Waals surface area contributed by atoms with E-state index in [1.807, 2.05) is 17.3 Å². The van der Waals surface area contributed by atoms with Crippen LogP contribution in [0.15, 0.2) is 34.7 Å². The molecule has 2 heterocycles. The first-order chi connectivity index (χ1) is 9.22. The van der Waals surface area contributed by atoms with Crippen molar-refractivity contribution in [3.05, 3.63) is 45.9 Å². The van der Waals surface area contributed by atoms with Gasteiger partial charge in [0.15, 0.2) is 0 Å². The fourth-order valence-corrected chi connectivity index (χ4v) is 4.76. The van der Waals surface area contributed by atoms with Crippen molar-refractivity contribution in [2.24, 2.45) is 0 Å². The van der Waals surface area contributed by atoms with Crippen LogP contribution in [0.1, 0.15) is 16.1 Å². The van der Waals surface area contributed by atoms with Gasteiger partial charge in [0.05, 0.1) is 11.2 Å². The molecule has 0 fully saturated rings. The predicted octanol–water partition coefficient (Wildman–Crippen LogP) is 3.60. The van der Waals surface area contributed by atoms with E-state index in [1.165, 1.54) is 27.5 Å². The SMILES string of the molecule is Cc1ncsc1CN(C)CC1Cc2ccccc2S1. The Morgan fingerprint density at radius 1 is 1.37 bits per heavy atom. The van der Waals surface area contributed by atoms with Gasteiger partial charge in [0.1, 0.15) is 0 Å². The van der Waals surface area contributed by atoms with Crippen molar-refractivity contribution >= 4 is 23.1 Å². The summed E-state index contributed by atoms with van der Waals surface area (Å²) in [6, 6.07) is 8.79. The Kier molecular flexibility index (Phi) is 3.91. The molecule has 1 aromatic carbocycles. The van der Waals surface area contributed by atoms with E-state index in [2.05, 4.69) is 48.1 Å². The number of hydrogen-bond donors (Lipinski definition) is 0. The van der Waals surface area contributed by atoms with E-state index in [9.17, 15) is 0 Å². The van der Waals surface area contributed by atoms with Gasteiger partial charge in [-0.25, -0.2) is 4.98 Å². The van der Waals surface area contributed by atoms with Crippen LogP contribution in [0.3, 0.4) is 0 Å². The molecule has 4 heteroatoms. The van der Waals surface area contributed by atoms with Crippen LogP contribution in [-0.2, 0) is 13.0 Å². The van der Waals surface area contributed by atoms with Gasteiger partial charge in [-0.1, -0.05) is 18.2 Å². The third-order valence-corrected chi connectivity index (χ3v) is 5.71. The molecule has 0 saturated heterocycles. The van der Waals surface area contributed by atoms with Crippen LogP contribution < -0.4 is 0 Å². The molecule has 1 atom stereocenters. The third kappa shape index (κ3) is 3.02. The van der Waals surface area contributed by atoms with E-state index in [0.717, 1.165) is 13.1 Å². The minimum atomic E-state index is 0.690. The minimum absolute atomic E-state index is 0.690. The van der Waals surface area contributed by atoms with Crippen LogP contribution in [0, 0.1) is 6.92 Å². The highest BCUT2D eigenvalue weighted by Gasteiger charge is 2.23. The summed E-state index contributed by atoms with van der Waals surface area (Å²) in [4.78, 5) is 9.60. The molecule has 0 aliphatic carbocycles. The normalized spacial score (nSPS) is 17.9. The average Bonchev–Trinajstić information content (AvgIpc) is 2.95. The Morgan fingerprint density at radius 2 is 2.21 bits per heavy atom. The topological polar surface area (TPSA) is 16.1 Å². The third-order valence-electron chi connectivity index (χ3n) is 3.49. The fraction of sp³-hybridized carbons (Fsp3) is 0.400.